The number of rotatable bonds is 5. The summed E-state index contributed by atoms with van der Waals surface area (Å²) in [6, 6.07) is 6.91. The zero-order valence-corrected chi connectivity index (χ0v) is 12.4. The molecule has 0 bridgehead atoms. The van der Waals surface area contributed by atoms with Gasteiger partial charge in [-0.3, -0.25) is 0 Å². The number of aromatic hydroxyl groups is 1. The van der Waals surface area contributed by atoms with Crippen molar-refractivity contribution in [1.29, 1.82) is 0 Å². The maximum Gasteiger partial charge on any atom is 0.339 e. The highest BCUT2D eigenvalue weighted by atomic mass is 16.4. The lowest BCUT2D eigenvalue weighted by molar-refractivity contribution is 0.0694. The Kier molecular flexibility index (Phi) is 4.73. The van der Waals surface area contributed by atoms with Crippen LogP contribution in [0.3, 0.4) is 0 Å². The smallest absolute Gasteiger partial charge is 0.339 e. The van der Waals surface area contributed by atoms with E-state index in [9.17, 15) is 9.90 Å². The number of nitrogens with one attached hydrogen (secondary N) is 1. The van der Waals surface area contributed by atoms with Gasteiger partial charge >= 0.3 is 5.97 Å². The number of hydrogen-bond acceptors (Lipinski definition) is 5. The molecule has 6 nitrogen and oxygen atoms in total. The molecule has 0 fully saturated rings. The van der Waals surface area contributed by atoms with Crippen LogP contribution in [0.2, 0.25) is 0 Å². The zero-order chi connectivity index (χ0) is 16.1. The quantitative estimate of drug-likeness (QED) is 0.785. The average molecular weight is 299 g/mol. The summed E-state index contributed by atoms with van der Waals surface area (Å²) in [6.07, 6.45) is 3.73. The molecule has 0 spiro atoms. The van der Waals surface area contributed by atoms with Crippen LogP contribution in [-0.4, -0.2) is 32.7 Å². The van der Waals surface area contributed by atoms with E-state index in [1.54, 1.807) is 32.0 Å². The van der Waals surface area contributed by atoms with Crippen molar-refractivity contribution in [3.05, 3.63) is 52.9 Å². The van der Waals surface area contributed by atoms with Gasteiger partial charge in [0.15, 0.2) is 0 Å². The maximum atomic E-state index is 11.1. The van der Waals surface area contributed by atoms with Crippen molar-refractivity contribution in [2.45, 2.75) is 13.8 Å². The minimum absolute atomic E-state index is 0.140. The summed E-state index contributed by atoms with van der Waals surface area (Å²) in [5.74, 6) is -0.417. The minimum atomic E-state index is -1.02. The summed E-state index contributed by atoms with van der Waals surface area (Å²) < 4.78 is 0. The summed E-state index contributed by atoms with van der Waals surface area (Å²) in [5.41, 5.74) is 1.89. The number of carboxylic acid groups (broad SMARTS) is 1. The van der Waals surface area contributed by atoms with E-state index < -0.39 is 5.97 Å². The van der Waals surface area contributed by atoms with Crippen molar-refractivity contribution in [3.63, 3.8) is 0 Å². The van der Waals surface area contributed by atoms with E-state index in [-0.39, 0.29) is 11.3 Å². The molecule has 0 amide bonds. The van der Waals surface area contributed by atoms with Crippen LogP contribution in [0.1, 0.15) is 27.3 Å². The Morgan fingerprint density at radius 3 is 2.55 bits per heavy atom. The van der Waals surface area contributed by atoms with Gasteiger partial charge in [0.2, 0.25) is 5.95 Å². The van der Waals surface area contributed by atoms with Crippen LogP contribution >= 0.6 is 0 Å². The van der Waals surface area contributed by atoms with Gasteiger partial charge in [-0.1, -0.05) is 24.3 Å². The van der Waals surface area contributed by atoms with E-state index in [1.807, 2.05) is 18.2 Å². The molecule has 0 aliphatic heterocycles. The second-order valence-corrected chi connectivity index (χ2v) is 4.78. The van der Waals surface area contributed by atoms with E-state index in [2.05, 4.69) is 15.3 Å². The molecule has 3 N–H and O–H groups in total. The Morgan fingerprint density at radius 2 is 1.95 bits per heavy atom. The molecule has 22 heavy (non-hydrogen) atoms. The molecule has 1 aromatic heterocycles. The second kappa shape index (κ2) is 6.71. The maximum absolute atomic E-state index is 11.1. The predicted octanol–water partition coefficient (Wildman–Crippen LogP) is 2.62. The third kappa shape index (κ3) is 3.82. The van der Waals surface area contributed by atoms with Gasteiger partial charge in [0.25, 0.3) is 0 Å². The third-order valence-electron chi connectivity index (χ3n) is 3.04. The van der Waals surface area contributed by atoms with E-state index >= 15 is 0 Å². The Hall–Kier alpha value is -2.89. The Morgan fingerprint density at radius 1 is 1.27 bits per heavy atom. The molecule has 0 aliphatic rings. The summed E-state index contributed by atoms with van der Waals surface area (Å²) in [7, 11) is 0. The molecular formula is C16H17N3O3. The summed E-state index contributed by atoms with van der Waals surface area (Å²) >= 11 is 0. The number of aryl methyl sites for hydroxylation is 2. The van der Waals surface area contributed by atoms with Gasteiger partial charge in [-0.05, 0) is 31.5 Å². The predicted molar refractivity (Wildman–Crippen MR) is 84.1 cm³/mol. The number of aromatic carboxylic acids is 1. The van der Waals surface area contributed by atoms with E-state index in [1.165, 1.54) is 0 Å². The molecule has 1 aromatic carbocycles. The Labute approximate surface area is 128 Å². The molecular weight excluding hydrogens is 282 g/mol. The fourth-order valence-electron chi connectivity index (χ4n) is 2.08. The minimum Gasteiger partial charge on any atom is -0.508 e. The number of nitrogens with zero attached hydrogens (tertiary/aromatic N) is 2. The normalized spacial score (nSPS) is 10.8. The molecule has 0 atom stereocenters. The zero-order valence-electron chi connectivity index (χ0n) is 12.4. The van der Waals surface area contributed by atoms with Crippen molar-refractivity contribution in [2.75, 3.05) is 11.9 Å². The fraction of sp³-hybridized carbons (Fsp3) is 0.188. The van der Waals surface area contributed by atoms with Crippen LogP contribution in [-0.2, 0) is 0 Å². The Balaban J connectivity index is 2.02. The first-order valence-electron chi connectivity index (χ1n) is 6.75. The van der Waals surface area contributed by atoms with Crippen LogP contribution in [0.4, 0.5) is 5.95 Å². The highest BCUT2D eigenvalue weighted by molar-refractivity contribution is 5.90. The van der Waals surface area contributed by atoms with Gasteiger partial charge in [0, 0.05) is 6.54 Å². The number of hydrogen-bond donors (Lipinski definition) is 3. The van der Waals surface area contributed by atoms with E-state index in [0.717, 1.165) is 5.56 Å². The van der Waals surface area contributed by atoms with Gasteiger partial charge < -0.3 is 15.5 Å². The number of aromatic nitrogens is 2. The van der Waals surface area contributed by atoms with Crippen molar-refractivity contribution < 1.29 is 15.0 Å². The second-order valence-electron chi connectivity index (χ2n) is 4.78. The number of carbonyl (C=O) groups is 1. The highest BCUT2D eigenvalue weighted by Gasteiger charge is 2.14. The molecule has 2 rings (SSSR count). The average Bonchev–Trinajstić information content (AvgIpc) is 2.42. The molecule has 0 aliphatic carbocycles. The topological polar surface area (TPSA) is 95.3 Å². The fourth-order valence-corrected chi connectivity index (χ4v) is 2.08. The number of benzene rings is 1. The molecule has 114 valence electrons. The largest absolute Gasteiger partial charge is 0.508 e. The lowest BCUT2D eigenvalue weighted by Crippen LogP contribution is -2.11. The number of carboxylic acids is 1. The molecule has 1 heterocycles. The van der Waals surface area contributed by atoms with E-state index in [4.69, 9.17) is 5.11 Å². The van der Waals surface area contributed by atoms with Gasteiger partial charge in [-0.25, -0.2) is 14.8 Å². The standard InChI is InChI=1S/C16H17N3O3/c1-10-14(15(21)22)11(2)19-16(18-10)17-8-4-6-12-5-3-7-13(20)9-12/h3-7,9,20H,8H2,1-2H3,(H,21,22)(H,17,18,19)/b6-4+. The molecule has 2 aromatic rings. The molecule has 0 radical (unpaired) electrons. The van der Waals surface area contributed by atoms with Gasteiger partial charge in [-0.2, -0.15) is 0 Å². The van der Waals surface area contributed by atoms with Crippen LogP contribution in [0, 0.1) is 13.8 Å². The van der Waals surface area contributed by atoms with Crippen LogP contribution in [0.25, 0.3) is 6.08 Å². The first kappa shape index (κ1) is 15.5. The molecule has 0 saturated heterocycles. The Bertz CT molecular complexity index is 703. The van der Waals surface area contributed by atoms with Crippen LogP contribution in [0.15, 0.2) is 30.3 Å². The van der Waals surface area contributed by atoms with Gasteiger partial charge in [-0.15, -0.1) is 0 Å². The lowest BCUT2D eigenvalue weighted by Gasteiger charge is -2.07. The lowest BCUT2D eigenvalue weighted by atomic mass is 10.2. The van der Waals surface area contributed by atoms with Crippen LogP contribution < -0.4 is 5.32 Å². The monoisotopic (exact) mass is 299 g/mol. The van der Waals surface area contributed by atoms with Crippen molar-refractivity contribution in [2.24, 2.45) is 0 Å². The van der Waals surface area contributed by atoms with Crippen molar-refractivity contribution in [3.8, 4) is 5.75 Å². The van der Waals surface area contributed by atoms with Crippen molar-refractivity contribution >= 4 is 18.0 Å². The molecule has 6 heteroatoms. The highest BCUT2D eigenvalue weighted by Crippen LogP contribution is 2.13. The van der Waals surface area contributed by atoms with Gasteiger partial charge in [0.1, 0.15) is 11.3 Å². The first-order chi connectivity index (χ1) is 10.5. The first-order valence-corrected chi connectivity index (χ1v) is 6.75. The number of phenolic OH excluding ortho intramolecular Hbond substituents is 1. The summed E-state index contributed by atoms with van der Waals surface area (Å²) in [6.45, 7) is 3.78. The van der Waals surface area contributed by atoms with Crippen LogP contribution in [0.5, 0.6) is 5.75 Å². The third-order valence-corrected chi connectivity index (χ3v) is 3.04. The van der Waals surface area contributed by atoms with Crippen molar-refractivity contribution in [1.82, 2.24) is 9.97 Å². The SMILES string of the molecule is Cc1nc(NC/C=C/c2cccc(O)c2)nc(C)c1C(=O)O. The van der Waals surface area contributed by atoms with E-state index in [0.29, 0.717) is 23.9 Å². The summed E-state index contributed by atoms with van der Waals surface area (Å²) in [4.78, 5) is 19.3. The summed E-state index contributed by atoms with van der Waals surface area (Å²) in [5, 5.41) is 21.4. The van der Waals surface area contributed by atoms with Gasteiger partial charge in [0.05, 0.1) is 11.4 Å². The molecule has 0 saturated carbocycles. The number of anilines is 1. The molecule has 0 unspecified atom stereocenters. The number of phenols is 1.